The van der Waals surface area contributed by atoms with Crippen LogP contribution in [0.3, 0.4) is 0 Å². The third kappa shape index (κ3) is 5.53. The third-order valence-electron chi connectivity index (χ3n) is 2.24. The Hall–Kier alpha value is -1.04. The highest BCUT2D eigenvalue weighted by Crippen LogP contribution is 2.21. The molecule has 0 aliphatic heterocycles. The Morgan fingerprint density at radius 3 is 2.06 bits per heavy atom. The van der Waals surface area contributed by atoms with Crippen LogP contribution >= 0.6 is 11.8 Å². The van der Waals surface area contributed by atoms with Gasteiger partial charge in [-0.2, -0.15) is 0 Å². The summed E-state index contributed by atoms with van der Waals surface area (Å²) in [4.78, 5) is 34.5. The Morgan fingerprint density at radius 1 is 1.00 bits per heavy atom. The van der Waals surface area contributed by atoms with Gasteiger partial charge in [0.25, 0.3) is 0 Å². The average Bonchev–Trinajstić information content (AvgIpc) is 2.29. The van der Waals surface area contributed by atoms with Crippen molar-refractivity contribution in [1.82, 2.24) is 0 Å². The minimum atomic E-state index is -1.17. The van der Waals surface area contributed by atoms with Gasteiger partial charge in [-0.3, -0.25) is 14.4 Å². The van der Waals surface area contributed by atoms with E-state index in [2.05, 4.69) is 0 Å². The van der Waals surface area contributed by atoms with Crippen molar-refractivity contribution in [2.24, 2.45) is 5.41 Å². The van der Waals surface area contributed by atoms with Gasteiger partial charge in [-0.25, -0.2) is 0 Å². The third-order valence-corrected chi connectivity index (χ3v) is 3.15. The molecule has 0 heterocycles. The second-order valence-electron chi connectivity index (χ2n) is 4.07. The van der Waals surface area contributed by atoms with E-state index in [1.807, 2.05) is 0 Å². The number of hydrogen-bond acceptors (Lipinski definition) is 6. The fourth-order valence-corrected chi connectivity index (χ4v) is 1.93. The average molecular weight is 276 g/mol. The first-order chi connectivity index (χ1) is 8.36. The first kappa shape index (κ1) is 17.0. The zero-order valence-electron chi connectivity index (χ0n) is 11.3. The van der Waals surface area contributed by atoms with E-state index in [0.717, 1.165) is 11.8 Å². The molecule has 0 saturated carbocycles. The van der Waals surface area contributed by atoms with Crippen molar-refractivity contribution in [3.63, 3.8) is 0 Å². The summed E-state index contributed by atoms with van der Waals surface area (Å²) >= 11 is 1.14. The summed E-state index contributed by atoms with van der Waals surface area (Å²) in [5.74, 6) is -0.949. The number of hydrogen-bond donors (Lipinski definition) is 0. The molecule has 5 nitrogen and oxygen atoms in total. The van der Waals surface area contributed by atoms with E-state index in [9.17, 15) is 14.4 Å². The maximum Gasteiger partial charge on any atom is 0.319 e. The maximum atomic E-state index is 11.8. The Morgan fingerprint density at radius 2 is 1.56 bits per heavy atom. The van der Waals surface area contributed by atoms with E-state index >= 15 is 0 Å². The van der Waals surface area contributed by atoms with Gasteiger partial charge in [0.05, 0.1) is 24.7 Å². The van der Waals surface area contributed by atoms with Crippen molar-refractivity contribution in [2.75, 3.05) is 24.7 Å². The van der Waals surface area contributed by atoms with Gasteiger partial charge in [0, 0.05) is 0 Å². The number of thioether (sulfide) groups is 1. The Labute approximate surface area is 112 Å². The van der Waals surface area contributed by atoms with Crippen LogP contribution in [0.25, 0.3) is 0 Å². The molecule has 0 aromatic carbocycles. The van der Waals surface area contributed by atoms with Crippen LogP contribution in [-0.4, -0.2) is 42.4 Å². The molecule has 104 valence electrons. The van der Waals surface area contributed by atoms with Gasteiger partial charge in [0.1, 0.15) is 5.41 Å². The second-order valence-corrected chi connectivity index (χ2v) is 5.05. The van der Waals surface area contributed by atoms with Crippen molar-refractivity contribution < 1.29 is 23.9 Å². The smallest absolute Gasteiger partial charge is 0.319 e. The molecule has 0 radical (unpaired) electrons. The first-order valence-corrected chi connectivity index (χ1v) is 6.95. The molecular weight excluding hydrogens is 256 g/mol. The normalized spacial score (nSPS) is 10.9. The molecule has 0 aliphatic carbocycles. The molecule has 0 spiro atoms. The summed E-state index contributed by atoms with van der Waals surface area (Å²) in [7, 11) is 0. The van der Waals surface area contributed by atoms with Crippen LogP contribution < -0.4 is 0 Å². The molecule has 0 fully saturated rings. The fraction of sp³-hybridized carbons (Fsp3) is 0.750. The highest BCUT2D eigenvalue weighted by Gasteiger charge is 2.36. The monoisotopic (exact) mass is 276 g/mol. The highest BCUT2D eigenvalue weighted by molar-refractivity contribution is 8.00. The molecule has 0 aromatic rings. The van der Waals surface area contributed by atoms with Crippen LogP contribution in [0.2, 0.25) is 0 Å². The van der Waals surface area contributed by atoms with Crippen molar-refractivity contribution in [2.45, 2.75) is 27.7 Å². The molecule has 0 N–H and O–H groups in total. The Bertz CT molecular complexity index is 312. The minimum absolute atomic E-state index is 0.0879. The number of carbonyl (C=O) groups is 3. The molecular formula is C12H20O5S. The van der Waals surface area contributed by atoms with Gasteiger partial charge < -0.3 is 9.47 Å². The van der Waals surface area contributed by atoms with Crippen LogP contribution in [0.5, 0.6) is 0 Å². The molecule has 18 heavy (non-hydrogen) atoms. The molecule has 0 aromatic heterocycles. The lowest BCUT2D eigenvalue weighted by Crippen LogP contribution is -2.36. The lowest BCUT2D eigenvalue weighted by Gasteiger charge is -2.20. The molecule has 0 rings (SSSR count). The molecule has 0 atom stereocenters. The lowest BCUT2D eigenvalue weighted by atomic mass is 9.89. The van der Waals surface area contributed by atoms with Crippen molar-refractivity contribution in [1.29, 1.82) is 0 Å². The van der Waals surface area contributed by atoms with Gasteiger partial charge >= 0.3 is 11.9 Å². The van der Waals surface area contributed by atoms with E-state index < -0.39 is 11.4 Å². The van der Waals surface area contributed by atoms with Gasteiger partial charge in [0.2, 0.25) is 0 Å². The van der Waals surface area contributed by atoms with Crippen molar-refractivity contribution in [3.8, 4) is 0 Å². The molecule has 0 unspecified atom stereocenters. The molecule has 0 saturated heterocycles. The first-order valence-electron chi connectivity index (χ1n) is 5.80. The standard InChI is InChI=1S/C12H20O5S/c1-5-16-10(14)8-18-7-9(13)12(3,4)11(15)17-6-2/h5-8H2,1-4H3. The number of rotatable bonds is 8. The van der Waals surface area contributed by atoms with Gasteiger partial charge in [-0.1, -0.05) is 0 Å². The number of carbonyl (C=O) groups excluding carboxylic acids is 3. The summed E-state index contributed by atoms with van der Waals surface area (Å²) < 4.78 is 9.57. The molecule has 0 bridgehead atoms. The quantitative estimate of drug-likeness (QED) is 0.493. The zero-order valence-corrected chi connectivity index (χ0v) is 12.1. The predicted molar refractivity (Wildman–Crippen MR) is 69.4 cm³/mol. The molecule has 6 heteroatoms. The Kier molecular flexibility index (Phi) is 7.66. The largest absolute Gasteiger partial charge is 0.465 e. The van der Waals surface area contributed by atoms with Gasteiger partial charge in [-0.15, -0.1) is 11.8 Å². The lowest BCUT2D eigenvalue weighted by molar-refractivity contribution is -0.157. The highest BCUT2D eigenvalue weighted by atomic mass is 32.2. The summed E-state index contributed by atoms with van der Waals surface area (Å²) in [6.07, 6.45) is 0. The summed E-state index contributed by atoms with van der Waals surface area (Å²) in [5.41, 5.74) is -1.17. The van der Waals surface area contributed by atoms with E-state index in [0.29, 0.717) is 6.61 Å². The van der Waals surface area contributed by atoms with Crippen LogP contribution in [0.15, 0.2) is 0 Å². The summed E-state index contributed by atoms with van der Waals surface area (Å²) in [6, 6.07) is 0. The zero-order chi connectivity index (χ0) is 14.2. The van der Waals surface area contributed by atoms with Crippen LogP contribution in [0.4, 0.5) is 0 Å². The van der Waals surface area contributed by atoms with E-state index in [1.165, 1.54) is 13.8 Å². The minimum Gasteiger partial charge on any atom is -0.465 e. The molecule has 0 aliphatic rings. The van der Waals surface area contributed by atoms with Crippen molar-refractivity contribution in [3.05, 3.63) is 0 Å². The number of ether oxygens (including phenoxy) is 2. The van der Waals surface area contributed by atoms with E-state index in [-0.39, 0.29) is 29.9 Å². The SMILES string of the molecule is CCOC(=O)CSCC(=O)C(C)(C)C(=O)OCC. The van der Waals surface area contributed by atoms with Crippen molar-refractivity contribution >= 4 is 29.5 Å². The number of Topliss-reactive ketones (excluding diaryl/α,β-unsaturated/α-hetero) is 1. The van der Waals surface area contributed by atoms with E-state index in [1.54, 1.807) is 13.8 Å². The van der Waals surface area contributed by atoms with Crippen LogP contribution in [0, 0.1) is 5.41 Å². The summed E-state index contributed by atoms with van der Waals surface area (Å²) in [5, 5.41) is 0. The van der Waals surface area contributed by atoms with Crippen LogP contribution in [0.1, 0.15) is 27.7 Å². The second kappa shape index (κ2) is 8.13. The number of esters is 2. The predicted octanol–water partition coefficient (Wildman–Crippen LogP) is 1.44. The fourth-order valence-electron chi connectivity index (χ4n) is 1.04. The maximum absolute atomic E-state index is 11.8. The Balaban J connectivity index is 4.15. The topological polar surface area (TPSA) is 69.7 Å². The van der Waals surface area contributed by atoms with Crippen LogP contribution in [-0.2, 0) is 23.9 Å². The van der Waals surface area contributed by atoms with Gasteiger partial charge in [0.15, 0.2) is 5.78 Å². The van der Waals surface area contributed by atoms with E-state index in [4.69, 9.17) is 9.47 Å². The molecule has 0 amide bonds. The summed E-state index contributed by atoms with van der Waals surface area (Å²) in [6.45, 7) is 7.02. The van der Waals surface area contributed by atoms with Gasteiger partial charge in [-0.05, 0) is 27.7 Å². The number of ketones is 1.